The number of piperidine rings is 1. The lowest BCUT2D eigenvalue weighted by atomic mass is 9.78. The molecule has 74 heavy (non-hydrogen) atoms. The number of aliphatic hydroxyl groups excluding tert-OH is 4. The Morgan fingerprint density at radius 1 is 0.865 bits per heavy atom. The van der Waals surface area contributed by atoms with Crippen LogP contribution in [-0.2, 0) is 57.2 Å². The van der Waals surface area contributed by atoms with Crippen LogP contribution in [0.3, 0.4) is 0 Å². The number of hydrogen-bond donors (Lipinski definition) is 5. The Kier molecular flexibility index (Phi) is 24.0. The number of Topliss-reactive ketones (excluding diaryl/α,β-unsaturated/α-hetero) is 3. The number of amides is 1. The molecule has 16 atom stereocenters. The third-order valence-corrected chi connectivity index (χ3v) is 16.2. The smallest absolute Gasteiger partial charge is 0.329 e. The van der Waals surface area contributed by atoms with Crippen LogP contribution in [0, 0.1) is 40.9 Å². The van der Waals surface area contributed by atoms with Crippen LogP contribution >= 0.6 is 0 Å². The molecule has 1 aliphatic carbocycles. The number of ketones is 3. The summed E-state index contributed by atoms with van der Waals surface area (Å²) < 4.78 is 35.3. The average molecular weight is 1050 g/mol. The molecule has 418 valence electrons. The van der Waals surface area contributed by atoms with E-state index in [1.54, 1.807) is 58.9 Å². The van der Waals surface area contributed by atoms with Gasteiger partial charge in [-0.05, 0) is 102 Å². The van der Waals surface area contributed by atoms with Gasteiger partial charge in [0.1, 0.15) is 41.7 Å². The number of aliphatic hydroxyl groups is 5. The molecule has 1 unspecified atom stereocenters. The fourth-order valence-corrected chi connectivity index (χ4v) is 10.6. The molecule has 3 aliphatic heterocycles. The molecule has 3 fully saturated rings. The largest absolute Gasteiger partial charge is 0.460 e. The highest BCUT2D eigenvalue weighted by Gasteiger charge is 2.53. The SMILES string of the molecule is CO[C@H]1C[C@@H]2CC[C@@H](C)[C@@](O)(O2)C(=O)C(=O)N2CCCC[C@H]2C(=O)O[C@H]([C@H](C)C[C@@H]2CC[C@@H](OC(=O)C(C)(CO)CO)[C@H](OC)C2)CC(=O)[C@H](C)/C=C(\C)[C@@H](O)[C@@H](OC)C(=O)[C@H](C)C(O)[C@H](C)/C=C/C=C/C=C/1C. The molecule has 5 N–H and O–H groups in total. The lowest BCUT2D eigenvalue weighted by Crippen LogP contribution is -2.61. The zero-order valence-corrected chi connectivity index (χ0v) is 45.6. The Balaban J connectivity index is 1.71. The van der Waals surface area contributed by atoms with Gasteiger partial charge in [0.25, 0.3) is 11.7 Å². The lowest BCUT2D eigenvalue weighted by Gasteiger charge is -2.42. The van der Waals surface area contributed by atoms with Crippen molar-refractivity contribution in [1.29, 1.82) is 0 Å². The minimum Gasteiger partial charge on any atom is -0.460 e. The maximum atomic E-state index is 14.5. The van der Waals surface area contributed by atoms with Crippen molar-refractivity contribution in [2.45, 2.75) is 187 Å². The number of fused-ring (bicyclic) bond motifs is 3. The maximum absolute atomic E-state index is 14.5. The quantitative estimate of drug-likeness (QED) is 0.113. The van der Waals surface area contributed by atoms with E-state index >= 15 is 0 Å². The Hall–Kier alpha value is -3.98. The van der Waals surface area contributed by atoms with Gasteiger partial charge in [-0.25, -0.2) is 4.79 Å². The van der Waals surface area contributed by atoms with E-state index in [1.165, 1.54) is 34.3 Å². The Morgan fingerprint density at radius 3 is 2.19 bits per heavy atom. The Labute approximate surface area is 437 Å². The van der Waals surface area contributed by atoms with Gasteiger partial charge in [-0.3, -0.25) is 24.0 Å². The van der Waals surface area contributed by atoms with Gasteiger partial charge in [0.15, 0.2) is 5.78 Å². The topological polar surface area (TPSA) is 262 Å². The molecule has 4 rings (SSSR count). The van der Waals surface area contributed by atoms with Crippen LogP contribution in [0.25, 0.3) is 0 Å². The molecular weight excluding hydrogens is 959 g/mol. The van der Waals surface area contributed by atoms with Gasteiger partial charge >= 0.3 is 11.9 Å². The molecule has 4 aliphatic rings. The molecular formula is C56H87NO17. The van der Waals surface area contributed by atoms with Gasteiger partial charge in [0, 0.05) is 64.4 Å². The maximum Gasteiger partial charge on any atom is 0.329 e. The van der Waals surface area contributed by atoms with Gasteiger partial charge in [0.2, 0.25) is 5.79 Å². The van der Waals surface area contributed by atoms with Gasteiger partial charge < -0.3 is 58.9 Å². The van der Waals surface area contributed by atoms with E-state index in [0.29, 0.717) is 51.4 Å². The summed E-state index contributed by atoms with van der Waals surface area (Å²) in [5, 5.41) is 54.4. The first-order chi connectivity index (χ1) is 34.9. The van der Waals surface area contributed by atoms with Crippen molar-refractivity contribution in [3.8, 4) is 0 Å². The normalized spacial score (nSPS) is 38.1. The third-order valence-electron chi connectivity index (χ3n) is 16.2. The number of cyclic esters (lactones) is 1. The third kappa shape index (κ3) is 15.6. The van der Waals surface area contributed by atoms with E-state index in [0.717, 1.165) is 10.5 Å². The van der Waals surface area contributed by atoms with Crippen LogP contribution in [-0.4, -0.2) is 167 Å². The second-order valence-corrected chi connectivity index (χ2v) is 21.9. The first-order valence-corrected chi connectivity index (χ1v) is 26.5. The number of hydrogen-bond acceptors (Lipinski definition) is 17. The van der Waals surface area contributed by atoms with Crippen LogP contribution in [0.5, 0.6) is 0 Å². The van der Waals surface area contributed by atoms with Crippen molar-refractivity contribution >= 4 is 35.2 Å². The first-order valence-electron chi connectivity index (χ1n) is 26.5. The number of carbonyl (C=O) groups excluding carboxylic acids is 6. The molecule has 2 saturated heterocycles. The summed E-state index contributed by atoms with van der Waals surface area (Å²) in [6.45, 7) is 12.1. The molecule has 0 spiro atoms. The predicted octanol–water partition coefficient (Wildman–Crippen LogP) is 4.69. The molecule has 2 bridgehead atoms. The van der Waals surface area contributed by atoms with Crippen LogP contribution < -0.4 is 0 Å². The number of esters is 2. The number of allylic oxidation sites excluding steroid dienone is 5. The summed E-state index contributed by atoms with van der Waals surface area (Å²) in [6, 6.07) is -1.22. The molecule has 0 radical (unpaired) electrons. The minimum absolute atomic E-state index is 0.0306. The van der Waals surface area contributed by atoms with E-state index in [-0.39, 0.29) is 43.1 Å². The van der Waals surface area contributed by atoms with Crippen LogP contribution in [0.4, 0.5) is 0 Å². The number of carbonyl (C=O) groups is 6. The standard InChI is InChI=1S/C56H87NO17/c1-32-17-13-12-14-18-33(2)47(61)38(7)49(63)50(71-11)48(62)36(5)25-34(3)42(60)29-45(35(4)26-39-21-23-43(46(27-39)70-10)73-54(67)55(8,30-58)31-59)72-53(66)41-19-15-16-24-57(41)52(65)51(64)56(68)37(6)20-22-40(74-56)28-44(32)69-9/h12-14,17-18,25,33-35,37-41,43-48,50,58-59,61-62,68H,15-16,19-24,26-31H2,1-11H3/b13-12+,18-14+,32-17+,36-25+/t33-,34-,35-,37-,38-,39+,40+,41+,43-,44+,45+,46-,47?,48-,50-,56-/m1/s1. The molecule has 0 aromatic rings. The minimum atomic E-state index is -2.49. The van der Waals surface area contributed by atoms with E-state index in [9.17, 15) is 54.3 Å². The van der Waals surface area contributed by atoms with E-state index in [2.05, 4.69) is 0 Å². The van der Waals surface area contributed by atoms with Crippen molar-refractivity contribution in [1.82, 2.24) is 4.90 Å². The molecule has 0 aromatic heterocycles. The zero-order valence-electron chi connectivity index (χ0n) is 45.6. The number of ether oxygens (including phenoxy) is 6. The summed E-state index contributed by atoms with van der Waals surface area (Å²) in [6.07, 6.45) is 6.79. The second-order valence-electron chi connectivity index (χ2n) is 21.9. The summed E-state index contributed by atoms with van der Waals surface area (Å²) >= 11 is 0. The van der Waals surface area contributed by atoms with Gasteiger partial charge in [-0.2, -0.15) is 0 Å². The molecule has 1 amide bonds. The van der Waals surface area contributed by atoms with Crippen molar-refractivity contribution in [2.24, 2.45) is 40.9 Å². The predicted molar refractivity (Wildman–Crippen MR) is 273 cm³/mol. The molecule has 3 heterocycles. The van der Waals surface area contributed by atoms with E-state index in [4.69, 9.17) is 28.4 Å². The molecule has 0 aromatic carbocycles. The molecule has 18 heteroatoms. The lowest BCUT2D eigenvalue weighted by molar-refractivity contribution is -0.265. The van der Waals surface area contributed by atoms with Gasteiger partial charge in [-0.15, -0.1) is 0 Å². The second kappa shape index (κ2) is 28.4. The summed E-state index contributed by atoms with van der Waals surface area (Å²) in [7, 11) is 4.32. The van der Waals surface area contributed by atoms with Gasteiger partial charge in [0.05, 0.1) is 37.6 Å². The molecule has 18 nitrogen and oxygen atoms in total. The Bertz CT molecular complexity index is 2050. The van der Waals surface area contributed by atoms with Crippen molar-refractivity contribution in [3.63, 3.8) is 0 Å². The molecule has 1 saturated carbocycles. The number of methoxy groups -OCH3 is 3. The fourth-order valence-electron chi connectivity index (χ4n) is 10.6. The van der Waals surface area contributed by atoms with Crippen molar-refractivity contribution in [2.75, 3.05) is 41.1 Å². The van der Waals surface area contributed by atoms with Crippen LogP contribution in [0.15, 0.2) is 47.6 Å². The summed E-state index contributed by atoms with van der Waals surface area (Å²) in [5.74, 6) is -10.8. The Morgan fingerprint density at radius 2 is 1.55 bits per heavy atom. The highest BCUT2D eigenvalue weighted by atomic mass is 16.6. The highest BCUT2D eigenvalue weighted by molar-refractivity contribution is 6.39. The summed E-state index contributed by atoms with van der Waals surface area (Å²) in [4.78, 5) is 85.5. The van der Waals surface area contributed by atoms with E-state index in [1.807, 2.05) is 19.9 Å². The average Bonchev–Trinajstić information content (AvgIpc) is 3.39. The highest BCUT2D eigenvalue weighted by Crippen LogP contribution is 2.38. The first kappa shape index (κ1) is 62.6. The van der Waals surface area contributed by atoms with Crippen LogP contribution in [0.1, 0.15) is 126 Å². The summed E-state index contributed by atoms with van der Waals surface area (Å²) in [5.41, 5.74) is -0.422. The fraction of sp³-hybridized carbons (Fsp3) is 0.750. The van der Waals surface area contributed by atoms with E-state index < -0.39 is 138 Å². The van der Waals surface area contributed by atoms with Crippen molar-refractivity contribution in [3.05, 3.63) is 47.6 Å². The zero-order chi connectivity index (χ0) is 55.2. The number of rotatable bonds is 10. The van der Waals surface area contributed by atoms with Crippen molar-refractivity contribution < 1.29 is 82.7 Å². The number of nitrogens with zero attached hydrogens (tertiary/aromatic N) is 1. The van der Waals surface area contributed by atoms with Gasteiger partial charge in [-0.1, -0.05) is 71.1 Å². The van der Waals surface area contributed by atoms with Crippen LogP contribution in [0.2, 0.25) is 0 Å². The monoisotopic (exact) mass is 1050 g/mol.